The number of methoxy groups -OCH3 is 1. The first kappa shape index (κ1) is 17.1. The molecule has 0 aliphatic rings. The minimum atomic E-state index is -4.57. The van der Waals surface area contributed by atoms with Crippen molar-refractivity contribution in [3.63, 3.8) is 0 Å². The van der Waals surface area contributed by atoms with Crippen LogP contribution in [0.2, 0.25) is 0 Å². The zero-order valence-corrected chi connectivity index (χ0v) is 11.1. The third kappa shape index (κ3) is 4.52. The molecule has 0 aromatic heterocycles. The highest BCUT2D eigenvalue weighted by atomic mass is 19.4. The normalized spacial score (nSPS) is 14.2. The second-order valence-electron chi connectivity index (χ2n) is 4.21. The molecule has 116 valence electrons. The number of nitrogens with zero attached hydrogens (tertiary/aromatic N) is 3. The number of ether oxygens (including phenoxy) is 1. The van der Waals surface area contributed by atoms with Crippen molar-refractivity contribution < 1.29 is 28.1 Å². The summed E-state index contributed by atoms with van der Waals surface area (Å²) < 4.78 is 42.7. The van der Waals surface area contributed by atoms with Crippen LogP contribution >= 0.6 is 0 Å². The molecule has 0 fully saturated rings. The lowest BCUT2D eigenvalue weighted by molar-refractivity contribution is -0.138. The number of hydrogen-bond donors (Lipinski definition) is 2. The number of hydrogen-bond acceptors (Lipinski definition) is 4. The van der Waals surface area contributed by atoms with Gasteiger partial charge >= 0.3 is 6.18 Å². The quantitative estimate of drug-likeness (QED) is 0.480. The van der Waals surface area contributed by atoms with Crippen LogP contribution in [-0.4, -0.2) is 30.0 Å². The van der Waals surface area contributed by atoms with Gasteiger partial charge in [-0.3, -0.25) is 0 Å². The van der Waals surface area contributed by atoms with Gasteiger partial charge in [0.05, 0.1) is 18.8 Å². The Bertz CT molecular complexity index is 530. The zero-order valence-electron chi connectivity index (χ0n) is 11.1. The van der Waals surface area contributed by atoms with E-state index in [1.54, 1.807) is 0 Å². The lowest BCUT2D eigenvalue weighted by Crippen LogP contribution is -2.19. The molecular weight excluding hydrogens is 291 g/mol. The highest BCUT2D eigenvalue weighted by Crippen LogP contribution is 2.37. The van der Waals surface area contributed by atoms with Crippen molar-refractivity contribution in [3.8, 4) is 5.75 Å². The molecule has 6 nitrogen and oxygen atoms in total. The van der Waals surface area contributed by atoms with E-state index in [1.165, 1.54) is 0 Å². The molecule has 0 radical (unpaired) electrons. The Kier molecular flexibility index (Phi) is 5.83. The van der Waals surface area contributed by atoms with Crippen molar-refractivity contribution in [2.24, 2.45) is 5.11 Å². The van der Waals surface area contributed by atoms with Crippen LogP contribution < -0.4 is 4.74 Å². The van der Waals surface area contributed by atoms with Gasteiger partial charge in [-0.1, -0.05) is 11.2 Å². The Hall–Kier alpha value is -1.96. The Morgan fingerprint density at radius 2 is 2.05 bits per heavy atom. The summed E-state index contributed by atoms with van der Waals surface area (Å²) in [6.45, 7) is -0.0352. The van der Waals surface area contributed by atoms with Crippen molar-refractivity contribution in [1.82, 2.24) is 0 Å². The van der Waals surface area contributed by atoms with Gasteiger partial charge in [-0.15, -0.1) is 0 Å². The molecule has 0 spiro atoms. The van der Waals surface area contributed by atoms with Gasteiger partial charge in [0.2, 0.25) is 0 Å². The van der Waals surface area contributed by atoms with Crippen molar-refractivity contribution >= 4 is 0 Å². The Balaban J connectivity index is 2.95. The molecule has 0 saturated heterocycles. The lowest BCUT2D eigenvalue weighted by atomic mass is 10.00. The summed E-state index contributed by atoms with van der Waals surface area (Å²) in [5.41, 5.74) is 7.21. The largest absolute Gasteiger partial charge is 0.496 e. The van der Waals surface area contributed by atoms with Crippen LogP contribution in [0.25, 0.3) is 10.4 Å². The van der Waals surface area contributed by atoms with E-state index in [2.05, 4.69) is 14.8 Å². The van der Waals surface area contributed by atoms with Crippen molar-refractivity contribution in [2.45, 2.75) is 24.8 Å². The van der Waals surface area contributed by atoms with Crippen LogP contribution in [0.5, 0.6) is 5.75 Å². The molecule has 1 aromatic carbocycles. The summed E-state index contributed by atoms with van der Waals surface area (Å²) in [7, 11) is 1.08. The van der Waals surface area contributed by atoms with E-state index in [1.807, 2.05) is 0 Å². The van der Waals surface area contributed by atoms with Gasteiger partial charge in [0, 0.05) is 11.5 Å². The molecular formula is C12H14F3N3O3. The molecule has 1 aromatic rings. The fraction of sp³-hybridized carbons (Fsp3) is 0.500. The summed E-state index contributed by atoms with van der Waals surface area (Å²) in [4.78, 5) is 2.49. The molecule has 0 aliphatic heterocycles. The molecule has 2 atom stereocenters. The van der Waals surface area contributed by atoms with Gasteiger partial charge in [-0.2, -0.15) is 13.2 Å². The minimum absolute atomic E-state index is 0.0193. The van der Waals surface area contributed by atoms with Gasteiger partial charge in [-0.25, -0.2) is 0 Å². The Labute approximate surface area is 118 Å². The molecule has 0 bridgehead atoms. The summed E-state index contributed by atoms with van der Waals surface area (Å²) in [5, 5.41) is 22.8. The van der Waals surface area contributed by atoms with Crippen LogP contribution in [0.4, 0.5) is 13.2 Å². The van der Waals surface area contributed by atoms with Crippen molar-refractivity contribution in [1.29, 1.82) is 0 Å². The molecule has 2 N–H and O–H groups in total. The molecule has 0 heterocycles. The SMILES string of the molecule is COc1cc(C(O)C(O)CCN=[N+]=[N-])ccc1C(F)(F)F. The maximum atomic E-state index is 12.7. The maximum Gasteiger partial charge on any atom is 0.419 e. The topological polar surface area (TPSA) is 98.5 Å². The number of halogens is 3. The number of azide groups is 1. The van der Waals surface area contributed by atoms with Gasteiger partial charge in [0.1, 0.15) is 11.9 Å². The lowest BCUT2D eigenvalue weighted by Gasteiger charge is -2.19. The summed E-state index contributed by atoms with van der Waals surface area (Å²) in [6.07, 6.45) is -7.27. The smallest absolute Gasteiger partial charge is 0.419 e. The first-order valence-electron chi connectivity index (χ1n) is 5.93. The number of benzene rings is 1. The van der Waals surface area contributed by atoms with E-state index in [0.29, 0.717) is 0 Å². The number of aliphatic hydroxyl groups is 2. The Morgan fingerprint density at radius 1 is 1.38 bits per heavy atom. The maximum absolute atomic E-state index is 12.7. The third-order valence-electron chi connectivity index (χ3n) is 2.83. The summed E-state index contributed by atoms with van der Waals surface area (Å²) in [6, 6.07) is 2.86. The van der Waals surface area contributed by atoms with E-state index in [-0.39, 0.29) is 18.5 Å². The first-order chi connectivity index (χ1) is 9.81. The highest BCUT2D eigenvalue weighted by Gasteiger charge is 2.34. The zero-order chi connectivity index (χ0) is 16.0. The predicted molar refractivity (Wildman–Crippen MR) is 67.6 cm³/mol. The van der Waals surface area contributed by atoms with E-state index in [4.69, 9.17) is 5.53 Å². The van der Waals surface area contributed by atoms with Gasteiger partial charge in [-0.05, 0) is 29.6 Å². The van der Waals surface area contributed by atoms with Gasteiger partial charge in [0.15, 0.2) is 0 Å². The van der Waals surface area contributed by atoms with Crippen molar-refractivity contribution in [2.75, 3.05) is 13.7 Å². The second-order valence-corrected chi connectivity index (χ2v) is 4.21. The summed E-state index contributed by atoms with van der Waals surface area (Å²) in [5.74, 6) is -0.443. The van der Waals surface area contributed by atoms with Crippen LogP contribution in [0.3, 0.4) is 0 Å². The van der Waals surface area contributed by atoms with Crippen LogP contribution in [-0.2, 0) is 6.18 Å². The van der Waals surface area contributed by atoms with Gasteiger partial charge < -0.3 is 14.9 Å². The Morgan fingerprint density at radius 3 is 2.57 bits per heavy atom. The van der Waals surface area contributed by atoms with Gasteiger partial charge in [0.25, 0.3) is 0 Å². The van der Waals surface area contributed by atoms with Crippen LogP contribution in [0.1, 0.15) is 23.7 Å². The molecule has 9 heteroatoms. The molecule has 2 unspecified atom stereocenters. The number of alkyl halides is 3. The fourth-order valence-corrected chi connectivity index (χ4v) is 1.74. The third-order valence-corrected chi connectivity index (χ3v) is 2.83. The van der Waals surface area contributed by atoms with Crippen LogP contribution in [0.15, 0.2) is 23.3 Å². The average molecular weight is 305 g/mol. The standard InChI is InChI=1S/C12H14F3N3O3/c1-21-10-6-7(2-3-8(10)12(13,14)15)11(20)9(19)4-5-17-18-16/h2-3,6,9,11,19-20H,4-5H2,1H3. The molecule has 0 aliphatic carbocycles. The number of aliphatic hydroxyl groups excluding tert-OH is 2. The van der Waals surface area contributed by atoms with E-state index >= 15 is 0 Å². The monoisotopic (exact) mass is 305 g/mol. The van der Waals surface area contributed by atoms with E-state index in [9.17, 15) is 23.4 Å². The van der Waals surface area contributed by atoms with Crippen LogP contribution in [0, 0.1) is 0 Å². The number of rotatable bonds is 6. The molecule has 0 amide bonds. The van der Waals surface area contributed by atoms with E-state index in [0.717, 1.165) is 25.3 Å². The second kappa shape index (κ2) is 7.16. The predicted octanol–water partition coefficient (Wildman–Crippen LogP) is 2.81. The molecule has 1 rings (SSSR count). The molecule has 0 saturated carbocycles. The average Bonchev–Trinajstić information content (AvgIpc) is 2.44. The van der Waals surface area contributed by atoms with E-state index < -0.39 is 29.7 Å². The minimum Gasteiger partial charge on any atom is -0.496 e. The molecule has 21 heavy (non-hydrogen) atoms. The summed E-state index contributed by atoms with van der Waals surface area (Å²) >= 11 is 0. The first-order valence-corrected chi connectivity index (χ1v) is 5.93. The fourth-order valence-electron chi connectivity index (χ4n) is 1.74. The van der Waals surface area contributed by atoms with Crippen molar-refractivity contribution in [3.05, 3.63) is 39.8 Å². The highest BCUT2D eigenvalue weighted by molar-refractivity contribution is 5.40.